The van der Waals surface area contributed by atoms with Gasteiger partial charge in [0.05, 0.1) is 13.1 Å². The Morgan fingerprint density at radius 1 is 0.320 bits per heavy atom. The molecule has 0 heterocycles. The van der Waals surface area contributed by atoms with Crippen molar-refractivity contribution in [3.63, 3.8) is 0 Å². The second kappa shape index (κ2) is 33.0. The Labute approximate surface area is 310 Å². The van der Waals surface area contributed by atoms with Crippen molar-refractivity contribution < 1.29 is 26.9 Å². The second-order valence-corrected chi connectivity index (χ2v) is 21.4. The van der Waals surface area contributed by atoms with Gasteiger partial charge in [0, 0.05) is 0 Å². The molecule has 0 amide bonds. The summed E-state index contributed by atoms with van der Waals surface area (Å²) in [6.45, 7) is 13.9. The van der Waals surface area contributed by atoms with E-state index in [0.717, 1.165) is 19.3 Å². The molecule has 1 atom stereocenters. The summed E-state index contributed by atoms with van der Waals surface area (Å²) in [5.74, 6) is -9.27. The van der Waals surface area contributed by atoms with Crippen LogP contribution in [0.4, 0.5) is 27.6 Å². The van der Waals surface area contributed by atoms with E-state index in [4.69, 9.17) is 0 Å². The molecule has 1 nitrogen and oxygen atoms in total. The van der Waals surface area contributed by atoms with Crippen molar-refractivity contribution in [1.82, 2.24) is 0 Å². The van der Waals surface area contributed by atoms with Crippen molar-refractivity contribution in [1.29, 1.82) is 0 Å². The van der Waals surface area contributed by atoms with Gasteiger partial charge in [0.2, 0.25) is 34.8 Å². The van der Waals surface area contributed by atoms with Gasteiger partial charge in [0.25, 0.3) is 0 Å². The lowest BCUT2D eigenvalue weighted by Gasteiger charge is -2.37. The zero-order valence-electron chi connectivity index (χ0n) is 33.9. The quantitative estimate of drug-likeness (QED) is 0.0247. The molecule has 0 saturated heterocycles. The maximum absolute atomic E-state index is 13.8. The molecule has 1 aromatic carbocycles. The van der Waals surface area contributed by atoms with Gasteiger partial charge >= 0.3 is 0 Å². The smallest absolute Gasteiger partial charge is 0.225 e. The van der Waals surface area contributed by atoms with E-state index in [1.807, 2.05) is 6.92 Å². The zero-order chi connectivity index (χ0) is 37.5. The minimum Gasteiger partial charge on any atom is -0.297 e. The maximum atomic E-state index is 13.8. The van der Waals surface area contributed by atoms with Crippen LogP contribution in [0.15, 0.2) is 0 Å². The van der Waals surface area contributed by atoms with Crippen molar-refractivity contribution in [2.24, 2.45) is 0 Å². The number of halogens is 5. The van der Waals surface area contributed by atoms with Crippen LogP contribution in [0, 0.1) is 29.1 Å². The maximum Gasteiger partial charge on any atom is 0.225 e. The van der Waals surface area contributed by atoms with Crippen molar-refractivity contribution >= 4 is 18.8 Å². The van der Waals surface area contributed by atoms with Gasteiger partial charge in [-0.2, -0.15) is 29.9 Å². The molecular formula is C43H81AlF5N. The van der Waals surface area contributed by atoms with Crippen LogP contribution in [0.2, 0.25) is 21.1 Å². The van der Waals surface area contributed by atoms with Gasteiger partial charge in [0.15, 0.2) is 0 Å². The normalized spacial score (nSPS) is 12.3. The lowest BCUT2D eigenvalue weighted by atomic mass is 10.1. The molecule has 0 fully saturated rings. The number of quaternary nitrogens is 1. The molecule has 0 aliphatic heterocycles. The Hall–Kier alpha value is -0.638. The number of benzene rings is 1. The summed E-state index contributed by atoms with van der Waals surface area (Å²) in [6.07, 6.45) is 33.9. The van der Waals surface area contributed by atoms with E-state index in [1.54, 1.807) is 53.7 Å². The molecule has 1 unspecified atom stereocenters. The fourth-order valence-corrected chi connectivity index (χ4v) is 14.3. The van der Waals surface area contributed by atoms with Crippen LogP contribution in [0.1, 0.15) is 202 Å². The van der Waals surface area contributed by atoms with Gasteiger partial charge < -0.3 is 0 Å². The molecule has 1 aromatic rings. The molecule has 50 heavy (non-hydrogen) atoms. The van der Waals surface area contributed by atoms with Gasteiger partial charge in [0.1, 0.15) is 13.1 Å². The van der Waals surface area contributed by atoms with Gasteiger partial charge in [-0.1, -0.05) is 183 Å². The highest BCUT2D eigenvalue weighted by molar-refractivity contribution is 6.79. The average Bonchev–Trinajstić information content (AvgIpc) is 3.11. The first-order valence-electron chi connectivity index (χ1n) is 21.8. The fraction of sp³-hybridized carbons (Fsp3) is 0.860. The lowest BCUT2D eigenvalue weighted by Crippen LogP contribution is -3.07. The Morgan fingerprint density at radius 2 is 0.600 bits per heavy atom. The molecular weight excluding hydrogens is 652 g/mol. The standard InChI is InChI=1S/C15H20F5N.4C7H15.Al/c1-3-5-6-7-9-21(8-4-2)15-13(19)11(17)10(16)12(18)14(15)20;4*1-3-5-7-6-4-2;/h3-9H2,1-2H3;4*1,3-7H2,2H3;/q;;;;;-1/p+1. The molecule has 7 heteroatoms. The summed E-state index contributed by atoms with van der Waals surface area (Å²) < 4.78 is 67.2. The Kier molecular flexibility index (Phi) is 32.5. The minimum atomic E-state index is -2.10. The first-order valence-corrected chi connectivity index (χ1v) is 25.0. The molecule has 0 spiro atoms. The molecule has 296 valence electrons. The highest BCUT2D eigenvalue weighted by Gasteiger charge is 2.32. The van der Waals surface area contributed by atoms with E-state index in [0.29, 0.717) is 30.8 Å². The lowest BCUT2D eigenvalue weighted by molar-refractivity contribution is -0.835. The molecule has 0 aliphatic rings. The van der Waals surface area contributed by atoms with Gasteiger partial charge in [-0.05, 0) is 19.3 Å². The summed E-state index contributed by atoms with van der Waals surface area (Å²) in [6, 6.07) is 0. The van der Waals surface area contributed by atoms with Gasteiger partial charge in [-0.3, -0.25) is 4.90 Å². The fourth-order valence-electron chi connectivity index (χ4n) is 7.95. The minimum absolute atomic E-state index is 0.307. The van der Waals surface area contributed by atoms with E-state index in [9.17, 15) is 22.0 Å². The average molecular weight is 734 g/mol. The summed E-state index contributed by atoms with van der Waals surface area (Å²) in [5.41, 5.74) is -0.732. The Bertz CT molecular complexity index is 837. The van der Waals surface area contributed by atoms with Crippen molar-refractivity contribution in [2.75, 3.05) is 13.1 Å². The zero-order valence-corrected chi connectivity index (χ0v) is 35.0. The second-order valence-electron chi connectivity index (χ2n) is 15.7. The summed E-state index contributed by atoms with van der Waals surface area (Å²) in [7, 11) is 0. The first-order chi connectivity index (χ1) is 24.2. The van der Waals surface area contributed by atoms with Crippen LogP contribution in [-0.2, 0) is 0 Å². The van der Waals surface area contributed by atoms with Crippen molar-refractivity contribution in [2.45, 2.75) is 223 Å². The van der Waals surface area contributed by atoms with Gasteiger partial charge in [-0.15, -0.1) is 0 Å². The predicted molar refractivity (Wildman–Crippen MR) is 211 cm³/mol. The molecule has 0 aliphatic carbocycles. The molecule has 0 radical (unpaired) electrons. The third kappa shape index (κ3) is 21.8. The Balaban J connectivity index is 0.00000101. The van der Waals surface area contributed by atoms with Crippen LogP contribution >= 0.6 is 0 Å². The van der Waals surface area contributed by atoms with Crippen molar-refractivity contribution in [3.05, 3.63) is 29.1 Å². The van der Waals surface area contributed by atoms with E-state index in [1.165, 1.54) is 103 Å². The predicted octanol–water partition coefficient (Wildman–Crippen LogP) is 15.2. The largest absolute Gasteiger partial charge is 0.297 e. The van der Waals surface area contributed by atoms with Crippen LogP contribution < -0.4 is 4.90 Å². The van der Waals surface area contributed by atoms with Crippen molar-refractivity contribution in [3.8, 4) is 0 Å². The van der Waals surface area contributed by atoms with Gasteiger partial charge in [-0.25, -0.2) is 13.2 Å². The summed E-state index contributed by atoms with van der Waals surface area (Å²) >= 11 is -1.38. The summed E-state index contributed by atoms with van der Waals surface area (Å²) in [5, 5.41) is 6.80. The highest BCUT2D eigenvalue weighted by atomic mass is 27.2. The monoisotopic (exact) mass is 734 g/mol. The third-order valence-electron chi connectivity index (χ3n) is 11.1. The van der Waals surface area contributed by atoms with Crippen LogP contribution in [0.3, 0.4) is 0 Å². The number of hydrogen-bond donors (Lipinski definition) is 1. The highest BCUT2D eigenvalue weighted by Crippen LogP contribution is 2.35. The van der Waals surface area contributed by atoms with E-state index in [-0.39, 0.29) is 0 Å². The van der Waals surface area contributed by atoms with Crippen LogP contribution in [-0.4, -0.2) is 26.2 Å². The number of nitrogens with one attached hydrogen (secondary N) is 1. The Morgan fingerprint density at radius 3 is 0.900 bits per heavy atom. The van der Waals surface area contributed by atoms with E-state index < -0.39 is 47.9 Å². The molecule has 0 bridgehead atoms. The van der Waals surface area contributed by atoms with Crippen LogP contribution in [0.25, 0.3) is 0 Å². The molecule has 1 rings (SSSR count). The molecule has 0 saturated carbocycles. The topological polar surface area (TPSA) is 4.44 Å². The van der Waals surface area contributed by atoms with Crippen LogP contribution in [0.5, 0.6) is 0 Å². The molecule has 1 N–H and O–H groups in total. The first kappa shape index (κ1) is 49.4. The van der Waals surface area contributed by atoms with E-state index in [2.05, 4.69) is 27.7 Å². The summed E-state index contributed by atoms with van der Waals surface area (Å²) in [4.78, 5) is 0.307. The molecule has 0 aromatic heterocycles. The SMILES string of the molecule is CCCCCC[CH2][Al-]([CH2]CCCCCC)([CH2]CCCCCC)[CH2]CCCCCC.CCCCCC[NH+](CCC)c1c(F)c(F)c(F)c(F)c1F. The number of rotatable bonds is 32. The van der Waals surface area contributed by atoms with E-state index >= 15 is 0 Å². The number of unbranched alkanes of at least 4 members (excludes halogenated alkanes) is 19. The number of hydrogen-bond acceptors (Lipinski definition) is 0. The third-order valence-corrected chi connectivity index (χ3v) is 17.7.